The fourth-order valence-corrected chi connectivity index (χ4v) is 2.41. The molecule has 0 aromatic carbocycles. The normalized spacial score (nSPS) is 22.8. The van der Waals surface area contributed by atoms with Crippen molar-refractivity contribution in [2.75, 3.05) is 30.0 Å². The maximum absolute atomic E-state index is 11.8. The molecule has 1 N–H and O–H groups in total. The second kappa shape index (κ2) is 3.97. The number of morpholine rings is 1. The van der Waals surface area contributed by atoms with Gasteiger partial charge < -0.3 is 15.0 Å². The van der Waals surface area contributed by atoms with Crippen LogP contribution in [-0.4, -0.2) is 41.7 Å². The number of ether oxygens (including phenoxy) is 1. The van der Waals surface area contributed by atoms with E-state index in [0.29, 0.717) is 31.3 Å². The Morgan fingerprint density at radius 1 is 1.41 bits per heavy atom. The molecule has 90 valence electrons. The maximum Gasteiger partial charge on any atom is 0.249 e. The zero-order valence-electron chi connectivity index (χ0n) is 8.61. The summed E-state index contributed by atoms with van der Waals surface area (Å²) >= 11 is 11.7. The summed E-state index contributed by atoms with van der Waals surface area (Å²) in [7, 11) is 0. The third kappa shape index (κ3) is 1.72. The van der Waals surface area contributed by atoms with E-state index >= 15 is 0 Å². The third-order valence-electron chi connectivity index (χ3n) is 2.77. The van der Waals surface area contributed by atoms with Crippen molar-refractivity contribution in [3.05, 3.63) is 10.4 Å². The average molecular weight is 275 g/mol. The molecular weight excluding hydrogens is 267 g/mol. The second-order valence-corrected chi connectivity index (χ2v) is 4.45. The van der Waals surface area contributed by atoms with Gasteiger partial charge in [0.15, 0.2) is 11.0 Å². The number of anilines is 2. The Morgan fingerprint density at radius 3 is 3.06 bits per heavy atom. The number of aromatic nitrogens is 2. The highest BCUT2D eigenvalue weighted by Crippen LogP contribution is 2.36. The summed E-state index contributed by atoms with van der Waals surface area (Å²) in [6, 6.07) is -0.377. The van der Waals surface area contributed by atoms with E-state index in [4.69, 9.17) is 27.9 Å². The minimum Gasteiger partial charge on any atom is -0.377 e. The number of nitrogens with one attached hydrogen (secondary N) is 1. The van der Waals surface area contributed by atoms with Crippen LogP contribution in [0.25, 0.3) is 0 Å². The highest BCUT2D eigenvalue weighted by molar-refractivity contribution is 6.35. The van der Waals surface area contributed by atoms with Crippen molar-refractivity contribution < 1.29 is 9.53 Å². The van der Waals surface area contributed by atoms with Crippen LogP contribution in [0.3, 0.4) is 0 Å². The van der Waals surface area contributed by atoms with E-state index in [0.717, 1.165) is 0 Å². The molecule has 1 amide bonds. The van der Waals surface area contributed by atoms with Gasteiger partial charge in [0.2, 0.25) is 11.2 Å². The molecule has 0 bridgehead atoms. The van der Waals surface area contributed by atoms with Gasteiger partial charge in [0.25, 0.3) is 0 Å². The van der Waals surface area contributed by atoms with Crippen molar-refractivity contribution >= 4 is 40.6 Å². The number of rotatable bonds is 0. The topological polar surface area (TPSA) is 67.4 Å². The molecule has 2 aliphatic heterocycles. The van der Waals surface area contributed by atoms with Gasteiger partial charge in [0.1, 0.15) is 11.7 Å². The summed E-state index contributed by atoms with van der Waals surface area (Å²) in [6.45, 7) is 1.46. The Hall–Kier alpha value is -1.11. The number of amides is 1. The van der Waals surface area contributed by atoms with Crippen LogP contribution in [0.4, 0.5) is 11.5 Å². The van der Waals surface area contributed by atoms with Gasteiger partial charge in [-0.25, -0.2) is 4.98 Å². The van der Waals surface area contributed by atoms with Gasteiger partial charge in [-0.1, -0.05) is 11.6 Å². The Bertz CT molecular complexity index is 496. The molecule has 1 saturated heterocycles. The van der Waals surface area contributed by atoms with Gasteiger partial charge in [0, 0.05) is 6.54 Å². The minimum atomic E-state index is -0.377. The smallest absolute Gasteiger partial charge is 0.249 e. The third-order valence-corrected chi connectivity index (χ3v) is 3.21. The lowest BCUT2D eigenvalue weighted by molar-refractivity contribution is -0.120. The number of fused-ring (bicyclic) bond motifs is 3. The fraction of sp³-hybridized carbons (Fsp3) is 0.444. The predicted octanol–water partition coefficient (Wildman–Crippen LogP) is 0.941. The number of nitrogens with zero attached hydrogens (tertiary/aromatic N) is 3. The van der Waals surface area contributed by atoms with E-state index < -0.39 is 0 Å². The number of hydrogen-bond donors (Lipinski definition) is 1. The molecule has 0 radical (unpaired) electrons. The predicted molar refractivity (Wildman–Crippen MR) is 62.6 cm³/mol. The first-order valence-electron chi connectivity index (χ1n) is 5.05. The van der Waals surface area contributed by atoms with Gasteiger partial charge in [-0.3, -0.25) is 4.79 Å². The SMILES string of the molecule is O=C1Nc2c(Cl)nc(Cl)nc2N2CCOCC12. The molecule has 2 aliphatic rings. The first-order chi connectivity index (χ1) is 8.16. The highest BCUT2D eigenvalue weighted by atomic mass is 35.5. The van der Waals surface area contributed by atoms with Crippen molar-refractivity contribution in [3.8, 4) is 0 Å². The van der Waals surface area contributed by atoms with Crippen molar-refractivity contribution in [1.29, 1.82) is 0 Å². The van der Waals surface area contributed by atoms with E-state index in [1.807, 2.05) is 4.90 Å². The van der Waals surface area contributed by atoms with Crippen LogP contribution >= 0.6 is 23.2 Å². The Kier molecular flexibility index (Phi) is 2.57. The van der Waals surface area contributed by atoms with Gasteiger partial charge >= 0.3 is 0 Å². The molecule has 1 aromatic rings. The molecule has 3 heterocycles. The molecule has 17 heavy (non-hydrogen) atoms. The van der Waals surface area contributed by atoms with Gasteiger partial charge in [-0.2, -0.15) is 4.98 Å². The van der Waals surface area contributed by atoms with E-state index in [-0.39, 0.29) is 22.4 Å². The maximum atomic E-state index is 11.8. The van der Waals surface area contributed by atoms with Crippen LogP contribution < -0.4 is 10.2 Å². The van der Waals surface area contributed by atoms with E-state index in [2.05, 4.69) is 15.3 Å². The quantitative estimate of drug-likeness (QED) is 0.563. The Balaban J connectivity index is 2.13. The Morgan fingerprint density at radius 2 is 2.24 bits per heavy atom. The molecule has 3 rings (SSSR count). The molecule has 1 aromatic heterocycles. The fourth-order valence-electron chi connectivity index (χ4n) is 1.99. The molecular formula is C9H8Cl2N4O2. The van der Waals surface area contributed by atoms with Crippen LogP contribution in [0.15, 0.2) is 0 Å². The largest absolute Gasteiger partial charge is 0.377 e. The zero-order chi connectivity index (χ0) is 12.0. The summed E-state index contributed by atoms with van der Waals surface area (Å²) in [5.41, 5.74) is 0.416. The molecule has 0 spiro atoms. The summed E-state index contributed by atoms with van der Waals surface area (Å²) in [4.78, 5) is 21.6. The first-order valence-corrected chi connectivity index (χ1v) is 5.80. The van der Waals surface area contributed by atoms with Crippen LogP contribution in [0.2, 0.25) is 10.4 Å². The van der Waals surface area contributed by atoms with E-state index in [1.54, 1.807) is 0 Å². The summed E-state index contributed by atoms with van der Waals surface area (Å²) in [5, 5.41) is 2.89. The Labute approximate surface area is 107 Å². The summed E-state index contributed by atoms with van der Waals surface area (Å²) < 4.78 is 5.27. The molecule has 1 fully saturated rings. The highest BCUT2D eigenvalue weighted by Gasteiger charge is 2.37. The van der Waals surface area contributed by atoms with Crippen LogP contribution in [0, 0.1) is 0 Å². The zero-order valence-corrected chi connectivity index (χ0v) is 10.1. The average Bonchev–Trinajstić information content (AvgIpc) is 2.31. The molecule has 0 aliphatic carbocycles. The summed E-state index contributed by atoms with van der Waals surface area (Å²) in [6.07, 6.45) is 0. The molecule has 1 atom stereocenters. The number of hydrogen-bond acceptors (Lipinski definition) is 5. The van der Waals surface area contributed by atoms with Crippen molar-refractivity contribution in [1.82, 2.24) is 9.97 Å². The lowest BCUT2D eigenvalue weighted by Crippen LogP contribution is -2.55. The van der Waals surface area contributed by atoms with Gasteiger partial charge in [-0.05, 0) is 11.6 Å². The number of carbonyl (C=O) groups excluding carboxylic acids is 1. The van der Waals surface area contributed by atoms with Crippen molar-refractivity contribution in [2.45, 2.75) is 6.04 Å². The first kappa shape index (κ1) is 11.0. The van der Waals surface area contributed by atoms with Crippen molar-refractivity contribution in [2.24, 2.45) is 0 Å². The molecule has 8 heteroatoms. The molecule has 6 nitrogen and oxygen atoms in total. The lowest BCUT2D eigenvalue weighted by Gasteiger charge is -2.39. The minimum absolute atomic E-state index is 0.0649. The van der Waals surface area contributed by atoms with Crippen LogP contribution in [-0.2, 0) is 9.53 Å². The lowest BCUT2D eigenvalue weighted by atomic mass is 10.1. The standard InChI is InChI=1S/C9H8Cl2N4O2/c10-6-5-7(14-9(11)13-6)15-1-2-17-3-4(15)8(16)12-5/h4H,1-3H2,(H,12,16). The van der Waals surface area contributed by atoms with Gasteiger partial charge in [-0.15, -0.1) is 0 Å². The second-order valence-electron chi connectivity index (χ2n) is 3.76. The van der Waals surface area contributed by atoms with Crippen LogP contribution in [0.1, 0.15) is 0 Å². The summed E-state index contributed by atoms with van der Waals surface area (Å²) in [5.74, 6) is 0.396. The van der Waals surface area contributed by atoms with Gasteiger partial charge in [0.05, 0.1) is 13.2 Å². The van der Waals surface area contributed by atoms with Crippen molar-refractivity contribution in [3.63, 3.8) is 0 Å². The molecule has 0 saturated carbocycles. The van der Waals surface area contributed by atoms with E-state index in [9.17, 15) is 4.79 Å². The number of halogens is 2. The van der Waals surface area contributed by atoms with Crippen LogP contribution in [0.5, 0.6) is 0 Å². The molecule has 1 unspecified atom stereocenters. The van der Waals surface area contributed by atoms with E-state index in [1.165, 1.54) is 0 Å². The monoisotopic (exact) mass is 274 g/mol. The number of carbonyl (C=O) groups is 1.